The van der Waals surface area contributed by atoms with Gasteiger partial charge in [-0.1, -0.05) is 42.8 Å². The summed E-state index contributed by atoms with van der Waals surface area (Å²) >= 11 is 0. The summed E-state index contributed by atoms with van der Waals surface area (Å²) in [6, 6.07) is 15.4. The van der Waals surface area contributed by atoms with Gasteiger partial charge in [0.2, 0.25) is 5.91 Å². The van der Waals surface area contributed by atoms with Crippen molar-refractivity contribution in [3.63, 3.8) is 0 Å². The Labute approximate surface area is 146 Å². The number of benzene rings is 2. The quantitative estimate of drug-likeness (QED) is 0.641. The van der Waals surface area contributed by atoms with Crippen LogP contribution in [0.15, 0.2) is 48.5 Å². The van der Waals surface area contributed by atoms with Crippen molar-refractivity contribution in [1.82, 2.24) is 20.3 Å². The molecule has 3 aromatic rings. The van der Waals surface area contributed by atoms with E-state index in [4.69, 9.17) is 4.74 Å². The van der Waals surface area contributed by atoms with Crippen LogP contribution >= 0.6 is 0 Å². The summed E-state index contributed by atoms with van der Waals surface area (Å²) in [5, 5.41) is 11.0. The molecule has 25 heavy (non-hydrogen) atoms. The average Bonchev–Trinajstić information content (AvgIpc) is 3.04. The molecule has 0 bridgehead atoms. The minimum Gasteiger partial charge on any atom is -0.494 e. The summed E-state index contributed by atoms with van der Waals surface area (Å²) in [7, 11) is 0. The second-order valence-electron chi connectivity index (χ2n) is 5.86. The standard InChI is InChI=1S/C19H22N4O2/c1-2-3-11-25-16-8-6-7-15(12-16)13-20-19(24)14-23-18-10-5-4-9-17(18)21-22-23/h4-10,12H,2-3,11,13-14H2,1H3,(H,20,24). The lowest BCUT2D eigenvalue weighted by Crippen LogP contribution is -2.27. The van der Waals surface area contributed by atoms with Gasteiger partial charge in [0, 0.05) is 6.54 Å². The smallest absolute Gasteiger partial charge is 0.242 e. The van der Waals surface area contributed by atoms with Crippen LogP contribution in [0.1, 0.15) is 25.3 Å². The van der Waals surface area contributed by atoms with Crippen LogP contribution < -0.4 is 10.1 Å². The molecule has 0 saturated heterocycles. The van der Waals surface area contributed by atoms with Crippen LogP contribution in [0.5, 0.6) is 5.75 Å². The highest BCUT2D eigenvalue weighted by Crippen LogP contribution is 2.14. The number of carbonyl (C=O) groups is 1. The van der Waals surface area contributed by atoms with Gasteiger partial charge in [-0.15, -0.1) is 5.10 Å². The molecule has 2 aromatic carbocycles. The van der Waals surface area contributed by atoms with Crippen LogP contribution in [0.3, 0.4) is 0 Å². The number of rotatable bonds is 8. The second kappa shape index (κ2) is 8.28. The zero-order valence-electron chi connectivity index (χ0n) is 14.3. The molecular formula is C19H22N4O2. The largest absolute Gasteiger partial charge is 0.494 e. The van der Waals surface area contributed by atoms with E-state index in [1.807, 2.05) is 48.5 Å². The predicted molar refractivity (Wildman–Crippen MR) is 96.2 cm³/mol. The Morgan fingerprint density at radius 1 is 1.20 bits per heavy atom. The van der Waals surface area contributed by atoms with Gasteiger partial charge in [-0.25, -0.2) is 4.68 Å². The van der Waals surface area contributed by atoms with Gasteiger partial charge >= 0.3 is 0 Å². The van der Waals surface area contributed by atoms with Crippen LogP contribution in [-0.4, -0.2) is 27.5 Å². The highest BCUT2D eigenvalue weighted by molar-refractivity contribution is 5.79. The lowest BCUT2D eigenvalue weighted by atomic mass is 10.2. The van der Waals surface area contributed by atoms with Crippen molar-refractivity contribution >= 4 is 16.9 Å². The van der Waals surface area contributed by atoms with Gasteiger partial charge in [-0.05, 0) is 36.2 Å². The molecule has 0 unspecified atom stereocenters. The van der Waals surface area contributed by atoms with Crippen LogP contribution in [0.4, 0.5) is 0 Å². The van der Waals surface area contributed by atoms with Crippen molar-refractivity contribution in [2.45, 2.75) is 32.9 Å². The van der Waals surface area contributed by atoms with Gasteiger partial charge < -0.3 is 10.1 Å². The summed E-state index contributed by atoms with van der Waals surface area (Å²) in [5.41, 5.74) is 2.64. The lowest BCUT2D eigenvalue weighted by molar-refractivity contribution is -0.121. The van der Waals surface area contributed by atoms with Gasteiger partial charge in [-0.3, -0.25) is 4.79 Å². The van der Waals surface area contributed by atoms with Gasteiger partial charge in [0.05, 0.1) is 12.1 Å². The van der Waals surface area contributed by atoms with E-state index in [0.717, 1.165) is 35.2 Å². The van der Waals surface area contributed by atoms with Crippen molar-refractivity contribution in [2.75, 3.05) is 6.61 Å². The molecule has 1 amide bonds. The van der Waals surface area contributed by atoms with Crippen molar-refractivity contribution in [3.05, 3.63) is 54.1 Å². The maximum atomic E-state index is 12.2. The molecular weight excluding hydrogens is 316 g/mol. The second-order valence-corrected chi connectivity index (χ2v) is 5.86. The number of nitrogens with one attached hydrogen (secondary N) is 1. The van der Waals surface area contributed by atoms with E-state index < -0.39 is 0 Å². The monoisotopic (exact) mass is 338 g/mol. The highest BCUT2D eigenvalue weighted by Gasteiger charge is 2.08. The summed E-state index contributed by atoms with van der Waals surface area (Å²) < 4.78 is 7.30. The fraction of sp³-hybridized carbons (Fsp3) is 0.316. The van der Waals surface area contributed by atoms with Gasteiger partial charge in [-0.2, -0.15) is 0 Å². The Bertz CT molecular complexity index is 844. The molecule has 0 atom stereocenters. The Morgan fingerprint density at radius 3 is 2.96 bits per heavy atom. The Balaban J connectivity index is 1.54. The molecule has 1 N–H and O–H groups in total. The Hall–Kier alpha value is -2.89. The van der Waals surface area contributed by atoms with Crippen LogP contribution in [0.25, 0.3) is 11.0 Å². The summed E-state index contributed by atoms with van der Waals surface area (Å²) in [5.74, 6) is 0.732. The minimum absolute atomic E-state index is 0.104. The topological polar surface area (TPSA) is 69.0 Å². The van der Waals surface area contributed by atoms with E-state index in [1.54, 1.807) is 4.68 Å². The van der Waals surface area contributed by atoms with Crippen molar-refractivity contribution in [2.24, 2.45) is 0 Å². The molecule has 3 rings (SSSR count). The number of aromatic nitrogens is 3. The normalized spacial score (nSPS) is 10.8. The number of nitrogens with zero attached hydrogens (tertiary/aromatic N) is 3. The lowest BCUT2D eigenvalue weighted by Gasteiger charge is -2.09. The van der Waals surface area contributed by atoms with Crippen molar-refractivity contribution < 1.29 is 9.53 Å². The van der Waals surface area contributed by atoms with E-state index in [2.05, 4.69) is 22.6 Å². The highest BCUT2D eigenvalue weighted by atomic mass is 16.5. The zero-order chi connectivity index (χ0) is 17.5. The number of carbonyl (C=O) groups excluding carboxylic acids is 1. The Morgan fingerprint density at radius 2 is 2.08 bits per heavy atom. The molecule has 6 nitrogen and oxygen atoms in total. The van der Waals surface area contributed by atoms with Crippen molar-refractivity contribution in [3.8, 4) is 5.75 Å². The predicted octanol–water partition coefficient (Wildman–Crippen LogP) is 2.93. The number of amides is 1. The molecule has 1 heterocycles. The minimum atomic E-state index is -0.104. The number of ether oxygens (including phenoxy) is 1. The van der Waals surface area contributed by atoms with Gasteiger partial charge in [0.25, 0.3) is 0 Å². The van der Waals surface area contributed by atoms with E-state index in [-0.39, 0.29) is 12.5 Å². The third-order valence-electron chi connectivity index (χ3n) is 3.87. The third kappa shape index (κ3) is 4.56. The first kappa shape index (κ1) is 17.0. The first-order valence-electron chi connectivity index (χ1n) is 8.53. The third-order valence-corrected chi connectivity index (χ3v) is 3.87. The maximum absolute atomic E-state index is 12.2. The molecule has 0 aliphatic rings. The van der Waals surface area contributed by atoms with Crippen LogP contribution in [0, 0.1) is 0 Å². The fourth-order valence-electron chi connectivity index (χ4n) is 2.51. The van der Waals surface area contributed by atoms with E-state index in [1.165, 1.54) is 0 Å². The molecule has 0 saturated carbocycles. The average molecular weight is 338 g/mol. The van der Waals surface area contributed by atoms with Crippen molar-refractivity contribution in [1.29, 1.82) is 0 Å². The van der Waals surface area contributed by atoms with Crippen LogP contribution in [0.2, 0.25) is 0 Å². The molecule has 0 aliphatic heterocycles. The Kier molecular flexibility index (Phi) is 5.61. The number of hydrogen-bond acceptors (Lipinski definition) is 4. The first-order chi connectivity index (χ1) is 12.3. The van der Waals surface area contributed by atoms with E-state index in [9.17, 15) is 4.79 Å². The number of unbranched alkanes of at least 4 members (excludes halogenated alkanes) is 1. The van der Waals surface area contributed by atoms with Crippen LogP contribution in [-0.2, 0) is 17.9 Å². The van der Waals surface area contributed by atoms with Gasteiger partial charge in [0.1, 0.15) is 17.8 Å². The fourth-order valence-corrected chi connectivity index (χ4v) is 2.51. The number of hydrogen-bond donors (Lipinski definition) is 1. The molecule has 0 aliphatic carbocycles. The van der Waals surface area contributed by atoms with Gasteiger partial charge in [0.15, 0.2) is 0 Å². The maximum Gasteiger partial charge on any atom is 0.242 e. The zero-order valence-corrected chi connectivity index (χ0v) is 14.3. The first-order valence-corrected chi connectivity index (χ1v) is 8.53. The molecule has 1 aromatic heterocycles. The molecule has 0 spiro atoms. The molecule has 0 radical (unpaired) electrons. The summed E-state index contributed by atoms with van der Waals surface area (Å²) in [6.45, 7) is 3.45. The summed E-state index contributed by atoms with van der Waals surface area (Å²) in [4.78, 5) is 12.2. The van der Waals surface area contributed by atoms with E-state index in [0.29, 0.717) is 13.2 Å². The molecule has 0 fully saturated rings. The number of para-hydroxylation sites is 1. The molecule has 130 valence electrons. The summed E-state index contributed by atoms with van der Waals surface area (Å²) in [6.07, 6.45) is 2.14. The SMILES string of the molecule is CCCCOc1cccc(CNC(=O)Cn2nnc3ccccc32)c1. The van der Waals surface area contributed by atoms with E-state index >= 15 is 0 Å². The molecule has 6 heteroatoms. The number of fused-ring (bicyclic) bond motifs is 1.